The van der Waals surface area contributed by atoms with Crippen molar-refractivity contribution in [2.75, 3.05) is 0 Å². The van der Waals surface area contributed by atoms with Crippen LogP contribution in [0.5, 0.6) is 0 Å². The Morgan fingerprint density at radius 2 is 0.359 bits per heavy atom. The van der Waals surface area contributed by atoms with E-state index in [4.69, 9.17) is 0 Å². The molecule has 0 nitrogen and oxygen atoms in total. The van der Waals surface area contributed by atoms with Crippen LogP contribution in [0.4, 0.5) is 0 Å². The van der Waals surface area contributed by atoms with Crippen molar-refractivity contribution in [3.8, 4) is 22.3 Å². The van der Waals surface area contributed by atoms with Gasteiger partial charge in [-0.15, -0.1) is 0 Å². The molecular formula is C64H32. The van der Waals surface area contributed by atoms with Crippen LogP contribution < -0.4 is 0 Å². The second kappa shape index (κ2) is 11.0. The lowest BCUT2D eigenvalue weighted by Crippen LogP contribution is -1.87. The maximum atomic E-state index is 2.47. The summed E-state index contributed by atoms with van der Waals surface area (Å²) >= 11 is 0. The van der Waals surface area contributed by atoms with Gasteiger partial charge < -0.3 is 0 Å². The van der Waals surface area contributed by atoms with Crippen LogP contribution in [0.25, 0.3) is 173 Å². The first-order valence-electron chi connectivity index (χ1n) is 22.6. The lowest BCUT2D eigenvalue weighted by Gasteiger charge is -2.15. The second-order valence-electron chi connectivity index (χ2n) is 18.4. The third kappa shape index (κ3) is 3.52. The van der Waals surface area contributed by atoms with Crippen LogP contribution in [-0.4, -0.2) is 0 Å². The SMILES string of the molecule is c1ccc(-c2c3cccc4c5ccccc5c(c34)c3c4ccc5c6ccc7c8c(-c9ccccc9)c9cccc%10c%11ccccc%11c(c9%10)c8c8ccc(c9ccc(c23)c4c95)c6c78)cc1. The van der Waals surface area contributed by atoms with Crippen molar-refractivity contribution in [2.45, 2.75) is 0 Å². The van der Waals surface area contributed by atoms with Crippen LogP contribution in [-0.2, 0) is 0 Å². The molecule has 288 valence electrons. The van der Waals surface area contributed by atoms with Crippen molar-refractivity contribution in [1.82, 2.24) is 0 Å². The molecule has 0 bridgehead atoms. The number of hydrogen-bond donors (Lipinski definition) is 0. The Morgan fingerprint density at radius 3 is 0.766 bits per heavy atom. The van der Waals surface area contributed by atoms with Gasteiger partial charge in [0.1, 0.15) is 0 Å². The zero-order valence-electron chi connectivity index (χ0n) is 34.5. The van der Waals surface area contributed by atoms with Gasteiger partial charge in [0, 0.05) is 0 Å². The van der Waals surface area contributed by atoms with E-state index >= 15 is 0 Å². The number of fused-ring (bicyclic) bond motifs is 16. The lowest BCUT2D eigenvalue weighted by molar-refractivity contribution is 1.69. The van der Waals surface area contributed by atoms with E-state index in [0.717, 1.165) is 0 Å². The average Bonchev–Trinajstić information content (AvgIpc) is 4.09. The van der Waals surface area contributed by atoms with Crippen LogP contribution in [0.3, 0.4) is 0 Å². The zero-order valence-corrected chi connectivity index (χ0v) is 34.5. The van der Waals surface area contributed by atoms with Gasteiger partial charge in [-0.2, -0.15) is 0 Å². The number of hydrogen-bond acceptors (Lipinski definition) is 0. The summed E-state index contributed by atoms with van der Waals surface area (Å²) in [6.45, 7) is 0. The predicted octanol–water partition coefficient (Wildman–Crippen LogP) is 18.4. The fourth-order valence-corrected chi connectivity index (χ4v) is 13.5. The van der Waals surface area contributed by atoms with Gasteiger partial charge in [0.15, 0.2) is 0 Å². The maximum Gasteiger partial charge on any atom is -0.000696 e. The van der Waals surface area contributed by atoms with Crippen LogP contribution in [0, 0.1) is 0 Å². The molecule has 0 radical (unpaired) electrons. The van der Waals surface area contributed by atoms with E-state index in [1.54, 1.807) is 0 Å². The second-order valence-corrected chi connectivity index (χ2v) is 18.4. The van der Waals surface area contributed by atoms with Crippen molar-refractivity contribution in [1.29, 1.82) is 0 Å². The summed E-state index contributed by atoms with van der Waals surface area (Å²) < 4.78 is 0. The largest absolute Gasteiger partial charge is 0.0622 e. The molecule has 17 aromatic carbocycles. The number of benzene rings is 13. The first-order valence-corrected chi connectivity index (χ1v) is 22.6. The highest BCUT2D eigenvalue weighted by molar-refractivity contribution is 6.54. The van der Waals surface area contributed by atoms with Gasteiger partial charge in [-0.05, 0) is 173 Å². The third-order valence-electron chi connectivity index (χ3n) is 15.7. The van der Waals surface area contributed by atoms with Gasteiger partial charge in [0.25, 0.3) is 0 Å². The van der Waals surface area contributed by atoms with Gasteiger partial charge in [-0.3, -0.25) is 0 Å². The average molecular weight is 801 g/mol. The van der Waals surface area contributed by atoms with E-state index in [9.17, 15) is 0 Å². The third-order valence-corrected chi connectivity index (χ3v) is 15.7. The molecule has 0 aliphatic heterocycles. The lowest BCUT2D eigenvalue weighted by atomic mass is 9.87. The molecule has 0 heteroatoms. The van der Waals surface area contributed by atoms with Crippen molar-refractivity contribution in [2.24, 2.45) is 0 Å². The van der Waals surface area contributed by atoms with Gasteiger partial charge in [-0.1, -0.05) is 194 Å². The quantitative estimate of drug-likeness (QED) is 0.121. The zero-order chi connectivity index (χ0) is 41.1. The summed E-state index contributed by atoms with van der Waals surface area (Å²) in [5, 5.41) is 38.0. The van der Waals surface area contributed by atoms with Gasteiger partial charge in [0.05, 0.1) is 0 Å². The van der Waals surface area contributed by atoms with Crippen LogP contribution >= 0.6 is 0 Å². The predicted molar refractivity (Wildman–Crippen MR) is 278 cm³/mol. The maximum absolute atomic E-state index is 2.47. The summed E-state index contributed by atoms with van der Waals surface area (Å²) in [4.78, 5) is 0. The monoisotopic (exact) mass is 800 g/mol. The molecule has 17 rings (SSSR count). The van der Waals surface area contributed by atoms with E-state index in [0.29, 0.717) is 0 Å². The van der Waals surface area contributed by atoms with Crippen LogP contribution in [0.1, 0.15) is 0 Å². The molecule has 0 amide bonds. The Bertz CT molecular complexity index is 4510. The highest BCUT2D eigenvalue weighted by Crippen LogP contribution is 2.58. The Morgan fingerprint density at radius 1 is 0.125 bits per heavy atom. The molecular weight excluding hydrogens is 769 g/mol. The Hall–Kier alpha value is -8.32. The molecule has 0 aliphatic rings. The molecule has 0 aliphatic carbocycles. The molecule has 0 heterocycles. The highest BCUT2D eigenvalue weighted by atomic mass is 14.3. The fraction of sp³-hybridized carbons (Fsp3) is 0. The summed E-state index contributed by atoms with van der Waals surface area (Å²) in [6.07, 6.45) is 0. The topological polar surface area (TPSA) is 0 Å². The molecule has 0 aromatic heterocycles. The molecule has 17 aromatic rings. The van der Waals surface area contributed by atoms with Crippen molar-refractivity contribution in [3.05, 3.63) is 194 Å². The van der Waals surface area contributed by atoms with Gasteiger partial charge >= 0.3 is 0 Å². The molecule has 0 fully saturated rings. The Kier molecular flexibility index (Phi) is 5.57. The Labute approximate surface area is 365 Å². The van der Waals surface area contributed by atoms with Crippen LogP contribution in [0.15, 0.2) is 194 Å². The molecule has 0 atom stereocenters. The molecule has 0 saturated heterocycles. The van der Waals surface area contributed by atoms with Crippen molar-refractivity contribution < 1.29 is 0 Å². The standard InChI is InChI=1S/C64H32/c1-3-13-33(14-4-1)51-45-23-11-21-37-35-17-7-9-19-39(35)59(55(37)45)63-49-31-27-43-42-26-30-48-58-50(32-28-44(54(42)58)41-25-29-47(61(51)63)57(49)53(41)43)64-60-40-20-10-8-18-36(40)38-22-12-24-46(56(38)60)52(62(48)64)34-15-5-2-6-16-34/h1-32H. The molecule has 0 N–H and O–H groups in total. The summed E-state index contributed by atoms with van der Waals surface area (Å²) in [5.74, 6) is 0. The van der Waals surface area contributed by atoms with E-state index in [1.807, 2.05) is 0 Å². The minimum atomic E-state index is 1.27. The van der Waals surface area contributed by atoms with Gasteiger partial charge in [-0.25, -0.2) is 0 Å². The summed E-state index contributed by atoms with van der Waals surface area (Å²) in [5.41, 5.74) is 5.22. The Balaban J connectivity index is 1.09. The van der Waals surface area contributed by atoms with Crippen LogP contribution in [0.2, 0.25) is 0 Å². The molecule has 0 unspecified atom stereocenters. The summed E-state index contributed by atoms with van der Waals surface area (Å²) in [7, 11) is 0. The molecule has 0 spiro atoms. The number of rotatable bonds is 2. The first kappa shape index (κ1) is 32.4. The molecule has 64 heavy (non-hydrogen) atoms. The minimum Gasteiger partial charge on any atom is -0.0622 e. The normalized spacial score (nSPS) is 13.0. The van der Waals surface area contributed by atoms with E-state index < -0.39 is 0 Å². The van der Waals surface area contributed by atoms with E-state index in [-0.39, 0.29) is 0 Å². The smallest absolute Gasteiger partial charge is 0.000696 e. The first-order chi connectivity index (χ1) is 31.8. The van der Waals surface area contributed by atoms with Crippen molar-refractivity contribution >= 4 is 151 Å². The fourth-order valence-electron chi connectivity index (χ4n) is 13.5. The van der Waals surface area contributed by atoms with E-state index in [1.165, 1.54) is 173 Å². The van der Waals surface area contributed by atoms with E-state index in [2.05, 4.69) is 194 Å². The minimum absolute atomic E-state index is 1.27. The summed E-state index contributed by atoms with van der Waals surface area (Å²) in [6, 6.07) is 74.1. The van der Waals surface area contributed by atoms with Gasteiger partial charge in [0.2, 0.25) is 0 Å². The van der Waals surface area contributed by atoms with Crippen molar-refractivity contribution in [3.63, 3.8) is 0 Å². The highest BCUT2D eigenvalue weighted by Gasteiger charge is 2.29. The molecule has 0 saturated carbocycles.